The summed E-state index contributed by atoms with van der Waals surface area (Å²) in [5.74, 6) is -2.51. The first-order chi connectivity index (χ1) is 16.4. The zero-order valence-corrected chi connectivity index (χ0v) is 20.4. The summed E-state index contributed by atoms with van der Waals surface area (Å²) >= 11 is 5.95. The Labute approximate surface area is 206 Å². The molecule has 1 aromatic heterocycles. The first-order valence-corrected chi connectivity index (χ1v) is 12.4. The standard InChI is InChI=1S/C21H19ClF6N2O5S/c1-10(20(23,24)25)35-14-4-5-15(36(3,32)33)18(34-2)16(14)19(31)30-8-11(9-30)17-13(22)6-12(7-29-17)21(26,27)28/h4-7,10-11H,8-9H2,1-3H3/t10-/m1/s1. The number of pyridine rings is 1. The van der Waals surface area contributed by atoms with Crippen molar-refractivity contribution in [3.63, 3.8) is 0 Å². The van der Waals surface area contributed by atoms with Gasteiger partial charge in [0.15, 0.2) is 21.7 Å². The molecule has 2 heterocycles. The topological polar surface area (TPSA) is 85.8 Å². The van der Waals surface area contributed by atoms with Crippen LogP contribution in [-0.4, -0.2) is 62.9 Å². The number of ether oxygens (including phenoxy) is 2. The van der Waals surface area contributed by atoms with Gasteiger partial charge < -0.3 is 14.4 Å². The smallest absolute Gasteiger partial charge is 0.425 e. The van der Waals surface area contributed by atoms with Gasteiger partial charge in [-0.1, -0.05) is 11.6 Å². The quantitative estimate of drug-likeness (QED) is 0.475. The van der Waals surface area contributed by atoms with Crippen molar-refractivity contribution in [2.45, 2.75) is 36.2 Å². The van der Waals surface area contributed by atoms with E-state index in [1.807, 2.05) is 0 Å². The zero-order valence-electron chi connectivity index (χ0n) is 18.9. The summed E-state index contributed by atoms with van der Waals surface area (Å²) in [6.07, 6.45) is -10.3. The largest absolute Gasteiger partial charge is 0.494 e. The fourth-order valence-electron chi connectivity index (χ4n) is 3.48. The summed E-state index contributed by atoms with van der Waals surface area (Å²) in [5.41, 5.74) is -1.49. The molecule has 0 aliphatic carbocycles. The summed E-state index contributed by atoms with van der Waals surface area (Å²) in [6, 6.07) is 2.60. The van der Waals surface area contributed by atoms with Gasteiger partial charge in [0.05, 0.1) is 23.4 Å². The van der Waals surface area contributed by atoms with E-state index in [-0.39, 0.29) is 23.8 Å². The van der Waals surface area contributed by atoms with Crippen LogP contribution in [0.1, 0.15) is 34.5 Å². The third-order valence-electron chi connectivity index (χ3n) is 5.42. The number of hydrogen-bond acceptors (Lipinski definition) is 6. The SMILES string of the molecule is COc1c(S(C)(=O)=O)ccc(O[C@H](C)C(F)(F)F)c1C(=O)N1CC(c2ncc(C(F)(F)F)cc2Cl)C1. The molecule has 0 radical (unpaired) electrons. The number of hydrogen-bond donors (Lipinski definition) is 0. The molecule has 1 fully saturated rings. The fourth-order valence-corrected chi connectivity index (χ4v) is 4.64. The maximum absolute atomic E-state index is 13.3. The highest BCUT2D eigenvalue weighted by Gasteiger charge is 2.42. The fraction of sp³-hybridized carbons (Fsp3) is 0.429. The van der Waals surface area contributed by atoms with Crippen molar-refractivity contribution in [3.8, 4) is 11.5 Å². The van der Waals surface area contributed by atoms with Crippen molar-refractivity contribution in [1.82, 2.24) is 9.88 Å². The third-order valence-corrected chi connectivity index (χ3v) is 6.84. The van der Waals surface area contributed by atoms with Crippen LogP contribution in [0.5, 0.6) is 11.5 Å². The second-order valence-corrected chi connectivity index (χ2v) is 10.4. The number of amides is 1. The van der Waals surface area contributed by atoms with Gasteiger partial charge >= 0.3 is 12.4 Å². The Morgan fingerprint density at radius 3 is 2.28 bits per heavy atom. The maximum Gasteiger partial charge on any atom is 0.425 e. The van der Waals surface area contributed by atoms with Gasteiger partial charge in [-0.15, -0.1) is 0 Å². The second-order valence-electron chi connectivity index (χ2n) is 8.04. The minimum Gasteiger partial charge on any atom is -0.494 e. The predicted molar refractivity (Wildman–Crippen MR) is 115 cm³/mol. The molecule has 1 aliphatic rings. The van der Waals surface area contributed by atoms with Crippen LogP contribution in [0.15, 0.2) is 29.3 Å². The van der Waals surface area contributed by atoms with Gasteiger partial charge in [0.2, 0.25) is 0 Å². The van der Waals surface area contributed by atoms with E-state index < -0.39 is 67.6 Å². The Kier molecular flexibility index (Phi) is 7.44. The number of sulfone groups is 1. The Balaban J connectivity index is 1.94. The minimum absolute atomic E-state index is 0.0998. The minimum atomic E-state index is -4.78. The first kappa shape index (κ1) is 27.8. The average molecular weight is 561 g/mol. The summed E-state index contributed by atoms with van der Waals surface area (Å²) in [5, 5.41) is -0.262. The van der Waals surface area contributed by atoms with Crippen LogP contribution >= 0.6 is 11.6 Å². The van der Waals surface area contributed by atoms with E-state index in [0.717, 1.165) is 30.4 Å². The molecule has 2 aromatic rings. The molecule has 0 spiro atoms. The van der Waals surface area contributed by atoms with Crippen LogP contribution in [0.2, 0.25) is 5.02 Å². The highest BCUT2D eigenvalue weighted by molar-refractivity contribution is 7.90. The molecule has 1 saturated heterocycles. The molecular formula is C21H19ClF6N2O5S. The van der Waals surface area contributed by atoms with Gasteiger partial charge in [0.1, 0.15) is 16.2 Å². The molecule has 198 valence electrons. The van der Waals surface area contributed by atoms with E-state index in [1.165, 1.54) is 0 Å². The average Bonchev–Trinajstić information content (AvgIpc) is 2.70. The molecule has 0 saturated carbocycles. The monoisotopic (exact) mass is 560 g/mol. The number of methoxy groups -OCH3 is 1. The van der Waals surface area contributed by atoms with E-state index in [0.29, 0.717) is 19.2 Å². The number of aromatic nitrogens is 1. The molecule has 15 heteroatoms. The lowest BCUT2D eigenvalue weighted by atomic mass is 9.94. The third kappa shape index (κ3) is 5.64. The maximum atomic E-state index is 13.3. The van der Waals surface area contributed by atoms with Gasteiger partial charge in [-0.25, -0.2) is 8.42 Å². The summed E-state index contributed by atoms with van der Waals surface area (Å²) in [7, 11) is -2.91. The van der Waals surface area contributed by atoms with Crippen LogP contribution < -0.4 is 9.47 Å². The van der Waals surface area contributed by atoms with Crippen molar-refractivity contribution in [3.05, 3.63) is 46.2 Å². The van der Waals surface area contributed by atoms with Gasteiger partial charge in [0.25, 0.3) is 5.91 Å². The Morgan fingerprint density at radius 1 is 1.19 bits per heavy atom. The molecule has 1 aliphatic heterocycles. The number of rotatable bonds is 6. The van der Waals surface area contributed by atoms with Gasteiger partial charge in [-0.2, -0.15) is 26.3 Å². The van der Waals surface area contributed by atoms with Crippen LogP contribution in [0.25, 0.3) is 0 Å². The Morgan fingerprint density at radius 2 is 1.81 bits per heavy atom. The number of halogens is 7. The van der Waals surface area contributed by atoms with Crippen molar-refractivity contribution in [2.24, 2.45) is 0 Å². The van der Waals surface area contributed by atoms with Crippen LogP contribution in [0.4, 0.5) is 26.3 Å². The lowest BCUT2D eigenvalue weighted by Crippen LogP contribution is -2.49. The molecule has 36 heavy (non-hydrogen) atoms. The number of carbonyl (C=O) groups excluding carboxylic acids is 1. The van der Waals surface area contributed by atoms with Gasteiger partial charge in [-0.05, 0) is 25.1 Å². The zero-order chi connectivity index (χ0) is 27.2. The number of likely N-dealkylation sites (tertiary alicyclic amines) is 1. The van der Waals surface area contributed by atoms with E-state index in [2.05, 4.69) is 4.98 Å². The number of alkyl halides is 6. The molecule has 3 rings (SSSR count). The van der Waals surface area contributed by atoms with Crippen LogP contribution in [0, 0.1) is 0 Å². The van der Waals surface area contributed by atoms with Crippen molar-refractivity contribution in [1.29, 1.82) is 0 Å². The lowest BCUT2D eigenvalue weighted by Gasteiger charge is -2.39. The summed E-state index contributed by atoms with van der Waals surface area (Å²) in [6.45, 7) is 0.512. The molecular weight excluding hydrogens is 542 g/mol. The first-order valence-electron chi connectivity index (χ1n) is 10.1. The molecule has 7 nitrogen and oxygen atoms in total. The lowest BCUT2D eigenvalue weighted by molar-refractivity contribution is -0.189. The van der Waals surface area contributed by atoms with E-state index in [1.54, 1.807) is 0 Å². The van der Waals surface area contributed by atoms with Gasteiger partial charge in [0, 0.05) is 31.5 Å². The van der Waals surface area contributed by atoms with E-state index in [9.17, 15) is 39.6 Å². The second kappa shape index (κ2) is 9.61. The Bertz CT molecular complexity index is 1280. The molecule has 1 aromatic carbocycles. The molecule has 1 amide bonds. The summed E-state index contributed by atoms with van der Waals surface area (Å²) in [4.78, 5) is 17.7. The summed E-state index contributed by atoms with van der Waals surface area (Å²) < 4.78 is 112. The molecule has 1 atom stereocenters. The molecule has 0 bridgehead atoms. The van der Waals surface area contributed by atoms with Gasteiger partial charge in [-0.3, -0.25) is 9.78 Å². The number of benzene rings is 1. The Hall–Kier alpha value is -2.74. The predicted octanol–water partition coefficient (Wildman–Crippen LogP) is 4.74. The van der Waals surface area contributed by atoms with Crippen LogP contribution in [0.3, 0.4) is 0 Å². The normalized spacial score (nSPS) is 15.9. The molecule has 0 N–H and O–H groups in total. The van der Waals surface area contributed by atoms with E-state index in [4.69, 9.17) is 21.1 Å². The molecule has 0 unspecified atom stereocenters. The van der Waals surface area contributed by atoms with Crippen molar-refractivity contribution >= 4 is 27.3 Å². The van der Waals surface area contributed by atoms with Crippen molar-refractivity contribution in [2.75, 3.05) is 26.5 Å². The number of nitrogens with zero attached hydrogens (tertiary/aromatic N) is 2. The highest BCUT2D eigenvalue weighted by atomic mass is 35.5. The number of carbonyl (C=O) groups is 1. The van der Waals surface area contributed by atoms with E-state index >= 15 is 0 Å². The highest BCUT2D eigenvalue weighted by Crippen LogP contribution is 2.41. The van der Waals surface area contributed by atoms with Crippen LogP contribution in [-0.2, 0) is 16.0 Å². The van der Waals surface area contributed by atoms with Crippen molar-refractivity contribution < 1.29 is 49.0 Å².